The van der Waals surface area contributed by atoms with Crippen LogP contribution in [0, 0.1) is 9.39 Å². The summed E-state index contributed by atoms with van der Waals surface area (Å²) in [6, 6.07) is 4.85. The minimum Gasteiger partial charge on any atom is -0.304 e. The number of carbonyl (C=O) groups excluding carboxylic acids is 1. The second-order valence-electron chi connectivity index (χ2n) is 5.20. The zero-order valence-corrected chi connectivity index (χ0v) is 15.1. The van der Waals surface area contributed by atoms with Gasteiger partial charge in [0.15, 0.2) is 5.78 Å². The number of pyridine rings is 1. The summed E-state index contributed by atoms with van der Waals surface area (Å²) in [6.07, 6.45) is 2.68. The van der Waals surface area contributed by atoms with Gasteiger partial charge in [-0.05, 0) is 66.8 Å². The average molecular weight is 414 g/mol. The van der Waals surface area contributed by atoms with Gasteiger partial charge >= 0.3 is 0 Å². The van der Waals surface area contributed by atoms with Crippen molar-refractivity contribution >= 4 is 39.3 Å². The molecule has 1 aromatic carbocycles. The van der Waals surface area contributed by atoms with Crippen molar-refractivity contribution < 1.29 is 9.18 Å². The lowest BCUT2D eigenvalue weighted by molar-refractivity contribution is 0.0976. The van der Waals surface area contributed by atoms with Crippen molar-refractivity contribution in [2.45, 2.75) is 26.7 Å². The maximum absolute atomic E-state index is 13.9. The Morgan fingerprint density at radius 3 is 2.73 bits per heavy atom. The molecule has 0 radical (unpaired) electrons. The minimum atomic E-state index is -0.333. The zero-order chi connectivity index (χ0) is 16.1. The Morgan fingerprint density at radius 1 is 1.32 bits per heavy atom. The molecular formula is C17H20FIN2O. The molecule has 0 bridgehead atoms. The summed E-state index contributed by atoms with van der Waals surface area (Å²) in [5.41, 5.74) is 0.995. The van der Waals surface area contributed by atoms with Crippen molar-refractivity contribution in [3.63, 3.8) is 0 Å². The molecule has 22 heavy (non-hydrogen) atoms. The molecule has 0 saturated carbocycles. The van der Waals surface area contributed by atoms with Crippen molar-refractivity contribution in [3.8, 4) is 0 Å². The van der Waals surface area contributed by atoms with E-state index in [0.717, 1.165) is 29.6 Å². The van der Waals surface area contributed by atoms with E-state index in [4.69, 9.17) is 0 Å². The van der Waals surface area contributed by atoms with Crippen LogP contribution in [-0.4, -0.2) is 35.3 Å². The normalized spacial score (nSPS) is 11.3. The lowest BCUT2D eigenvalue weighted by atomic mass is 10.0. The van der Waals surface area contributed by atoms with Gasteiger partial charge in [-0.15, -0.1) is 0 Å². The van der Waals surface area contributed by atoms with E-state index in [1.165, 1.54) is 12.3 Å². The first kappa shape index (κ1) is 17.3. The molecule has 3 nitrogen and oxygen atoms in total. The fourth-order valence-electron chi connectivity index (χ4n) is 2.54. The fraction of sp³-hybridized carbons (Fsp3) is 0.412. The smallest absolute Gasteiger partial charge is 0.165 e. The van der Waals surface area contributed by atoms with Gasteiger partial charge in [0, 0.05) is 27.1 Å². The van der Waals surface area contributed by atoms with Crippen LogP contribution in [-0.2, 0) is 0 Å². The fourth-order valence-corrected chi connectivity index (χ4v) is 3.16. The van der Waals surface area contributed by atoms with Gasteiger partial charge in [0.05, 0.1) is 5.52 Å². The van der Waals surface area contributed by atoms with Crippen LogP contribution in [0.4, 0.5) is 4.39 Å². The Balaban J connectivity index is 2.19. The van der Waals surface area contributed by atoms with Crippen LogP contribution in [0.5, 0.6) is 0 Å². The molecule has 0 amide bonds. The quantitative estimate of drug-likeness (QED) is 0.501. The van der Waals surface area contributed by atoms with Gasteiger partial charge < -0.3 is 4.90 Å². The highest BCUT2D eigenvalue weighted by Crippen LogP contribution is 2.24. The molecule has 2 rings (SSSR count). The first-order valence-electron chi connectivity index (χ1n) is 7.56. The van der Waals surface area contributed by atoms with Gasteiger partial charge in [0.2, 0.25) is 0 Å². The van der Waals surface area contributed by atoms with E-state index in [2.05, 4.69) is 46.3 Å². The molecule has 0 atom stereocenters. The van der Waals surface area contributed by atoms with E-state index >= 15 is 0 Å². The number of fused-ring (bicyclic) bond motifs is 1. The number of ketones is 1. The lowest BCUT2D eigenvalue weighted by Crippen LogP contribution is -2.24. The van der Waals surface area contributed by atoms with Crippen molar-refractivity contribution in [2.75, 3.05) is 19.6 Å². The van der Waals surface area contributed by atoms with Crippen molar-refractivity contribution in [3.05, 3.63) is 39.3 Å². The van der Waals surface area contributed by atoms with Crippen LogP contribution in [0.25, 0.3) is 10.9 Å². The maximum atomic E-state index is 13.9. The second-order valence-corrected chi connectivity index (χ2v) is 6.44. The molecule has 1 heterocycles. The summed E-state index contributed by atoms with van der Waals surface area (Å²) < 4.78 is 14.7. The summed E-state index contributed by atoms with van der Waals surface area (Å²) in [7, 11) is 0. The van der Waals surface area contributed by atoms with E-state index in [0.29, 0.717) is 22.9 Å². The van der Waals surface area contributed by atoms with Crippen LogP contribution < -0.4 is 0 Å². The first-order chi connectivity index (χ1) is 10.6. The Morgan fingerprint density at radius 2 is 2.05 bits per heavy atom. The third-order valence-corrected chi connectivity index (χ3v) is 4.45. The van der Waals surface area contributed by atoms with Crippen LogP contribution >= 0.6 is 22.6 Å². The number of Topliss-reactive ketones (excluding diaryl/α,β-unsaturated/α-hetero) is 1. The van der Waals surface area contributed by atoms with Crippen LogP contribution in [0.1, 0.15) is 37.0 Å². The topological polar surface area (TPSA) is 33.2 Å². The Bertz CT molecular complexity index is 671. The first-order valence-corrected chi connectivity index (χ1v) is 8.64. The van der Waals surface area contributed by atoms with Gasteiger partial charge in [-0.3, -0.25) is 9.78 Å². The molecule has 0 spiro atoms. The number of halogens is 2. The molecule has 118 valence electrons. The summed E-state index contributed by atoms with van der Waals surface area (Å²) in [5.74, 6) is -0.297. The molecule has 0 aliphatic rings. The molecule has 0 aliphatic heterocycles. The number of hydrogen-bond donors (Lipinski definition) is 0. The standard InChI is InChI=1S/C17H20FIN2O/c1-3-21(4-2)9-5-6-16(22)14-11-12(19)10-13-15(18)7-8-20-17(13)14/h7-8,10-11H,3-6,9H2,1-2H3. The van der Waals surface area contributed by atoms with Gasteiger partial charge in [-0.1, -0.05) is 13.8 Å². The molecule has 5 heteroatoms. The molecule has 0 fully saturated rings. The molecule has 1 aromatic heterocycles. The number of hydrogen-bond acceptors (Lipinski definition) is 3. The van der Waals surface area contributed by atoms with E-state index in [9.17, 15) is 9.18 Å². The highest BCUT2D eigenvalue weighted by atomic mass is 127. The summed E-state index contributed by atoms with van der Waals surface area (Å²) in [6.45, 7) is 7.12. The molecule has 2 aromatic rings. The predicted octanol–water partition coefficient (Wildman–Crippen LogP) is 4.28. The van der Waals surface area contributed by atoms with Gasteiger partial charge in [-0.25, -0.2) is 4.39 Å². The van der Waals surface area contributed by atoms with E-state index in [-0.39, 0.29) is 11.6 Å². The van der Waals surface area contributed by atoms with Crippen molar-refractivity contribution in [1.82, 2.24) is 9.88 Å². The Hall–Kier alpha value is -1.08. The SMILES string of the molecule is CCN(CC)CCCC(=O)c1cc(I)cc2c(F)ccnc12. The van der Waals surface area contributed by atoms with Crippen molar-refractivity contribution in [1.29, 1.82) is 0 Å². The number of nitrogens with zero attached hydrogens (tertiary/aromatic N) is 2. The highest BCUT2D eigenvalue weighted by Gasteiger charge is 2.14. The monoisotopic (exact) mass is 414 g/mol. The van der Waals surface area contributed by atoms with Crippen molar-refractivity contribution in [2.24, 2.45) is 0 Å². The lowest BCUT2D eigenvalue weighted by Gasteiger charge is -2.17. The third-order valence-electron chi connectivity index (χ3n) is 3.83. The zero-order valence-electron chi connectivity index (χ0n) is 12.9. The van der Waals surface area contributed by atoms with Crippen LogP contribution in [0.3, 0.4) is 0 Å². The second kappa shape index (κ2) is 7.97. The summed E-state index contributed by atoms with van der Waals surface area (Å²) in [5, 5.41) is 0.418. The van der Waals surface area contributed by atoms with E-state index < -0.39 is 0 Å². The number of rotatable bonds is 7. The minimum absolute atomic E-state index is 0.0359. The predicted molar refractivity (Wildman–Crippen MR) is 95.8 cm³/mol. The molecule has 0 aliphatic carbocycles. The molecule has 0 N–H and O–H groups in total. The third kappa shape index (κ3) is 4.01. The van der Waals surface area contributed by atoms with Gasteiger partial charge in [0.1, 0.15) is 5.82 Å². The number of aromatic nitrogens is 1. The molecule has 0 unspecified atom stereocenters. The number of benzene rings is 1. The number of carbonyl (C=O) groups is 1. The van der Waals surface area contributed by atoms with Gasteiger partial charge in [0.25, 0.3) is 0 Å². The molecular weight excluding hydrogens is 394 g/mol. The van der Waals surface area contributed by atoms with Gasteiger partial charge in [-0.2, -0.15) is 0 Å². The summed E-state index contributed by atoms with van der Waals surface area (Å²) >= 11 is 2.11. The highest BCUT2D eigenvalue weighted by molar-refractivity contribution is 14.1. The average Bonchev–Trinajstić information content (AvgIpc) is 2.51. The largest absolute Gasteiger partial charge is 0.304 e. The Kier molecular flexibility index (Phi) is 6.26. The Labute approximate surface area is 144 Å². The maximum Gasteiger partial charge on any atom is 0.165 e. The van der Waals surface area contributed by atoms with E-state index in [1.807, 2.05) is 0 Å². The van der Waals surface area contributed by atoms with E-state index in [1.54, 1.807) is 12.1 Å². The molecule has 0 saturated heterocycles. The van der Waals surface area contributed by atoms with Crippen LogP contribution in [0.2, 0.25) is 0 Å². The summed E-state index contributed by atoms with van der Waals surface area (Å²) in [4.78, 5) is 19.0. The van der Waals surface area contributed by atoms with Crippen LogP contribution in [0.15, 0.2) is 24.4 Å².